The molecule has 0 aliphatic rings. The van der Waals surface area contributed by atoms with Gasteiger partial charge < -0.3 is 0 Å². The summed E-state index contributed by atoms with van der Waals surface area (Å²) in [5.74, 6) is 6.01. The molecule has 0 fully saturated rings. The van der Waals surface area contributed by atoms with Crippen molar-refractivity contribution in [3.8, 4) is 0 Å². The van der Waals surface area contributed by atoms with E-state index in [-0.39, 0.29) is 11.9 Å². The number of benzene rings is 1. The molecule has 0 bridgehead atoms. The maximum Gasteiger partial charge on any atom is 0.123 e. The van der Waals surface area contributed by atoms with E-state index < -0.39 is 0 Å². The molecule has 1 aromatic heterocycles. The number of nitrogens with one attached hydrogen (secondary N) is 1. The Balaban J connectivity index is 2.39. The van der Waals surface area contributed by atoms with E-state index in [1.54, 1.807) is 17.4 Å². The van der Waals surface area contributed by atoms with Crippen LogP contribution in [0.15, 0.2) is 24.3 Å². The topological polar surface area (TPSA) is 38.0 Å². The van der Waals surface area contributed by atoms with Gasteiger partial charge in [0.15, 0.2) is 0 Å². The quantitative estimate of drug-likeness (QED) is 0.634. The summed E-state index contributed by atoms with van der Waals surface area (Å²) in [6.45, 7) is 4.34. The summed E-state index contributed by atoms with van der Waals surface area (Å²) < 4.78 is 14.3. The highest BCUT2D eigenvalue weighted by Crippen LogP contribution is 2.35. The highest BCUT2D eigenvalue weighted by Gasteiger charge is 2.21. The Kier molecular flexibility index (Phi) is 4.32. The first-order valence-electron chi connectivity index (χ1n) is 6.34. The van der Waals surface area contributed by atoms with Crippen molar-refractivity contribution >= 4 is 21.4 Å². The first kappa shape index (κ1) is 13.5. The lowest BCUT2D eigenvalue weighted by Gasteiger charge is -2.23. The summed E-state index contributed by atoms with van der Waals surface area (Å²) in [4.78, 5) is 1.19. The Bertz CT molecular complexity index is 519. The molecule has 2 nitrogen and oxygen atoms in total. The van der Waals surface area contributed by atoms with Gasteiger partial charge in [-0.15, -0.1) is 11.3 Å². The molecule has 1 aromatic carbocycles. The van der Waals surface area contributed by atoms with Crippen molar-refractivity contribution in [1.82, 2.24) is 5.43 Å². The van der Waals surface area contributed by atoms with Crippen LogP contribution in [0.25, 0.3) is 10.1 Å². The summed E-state index contributed by atoms with van der Waals surface area (Å²) in [6.07, 6.45) is 2.15. The Hall–Kier alpha value is -0.970. The third-order valence-electron chi connectivity index (χ3n) is 3.50. The van der Waals surface area contributed by atoms with Gasteiger partial charge >= 0.3 is 0 Å². The molecule has 0 aliphatic carbocycles. The zero-order valence-corrected chi connectivity index (χ0v) is 11.6. The van der Waals surface area contributed by atoms with E-state index in [4.69, 9.17) is 5.84 Å². The first-order valence-corrected chi connectivity index (χ1v) is 7.16. The fourth-order valence-corrected chi connectivity index (χ4v) is 3.60. The van der Waals surface area contributed by atoms with E-state index in [2.05, 4.69) is 19.3 Å². The second-order valence-corrected chi connectivity index (χ2v) is 5.67. The summed E-state index contributed by atoms with van der Waals surface area (Å²) in [7, 11) is 0. The smallest absolute Gasteiger partial charge is 0.123 e. The minimum absolute atomic E-state index is 0.153. The number of hydrazine groups is 1. The van der Waals surface area contributed by atoms with Crippen molar-refractivity contribution in [2.45, 2.75) is 32.7 Å². The molecule has 1 atom stereocenters. The van der Waals surface area contributed by atoms with Crippen molar-refractivity contribution < 1.29 is 4.39 Å². The normalized spacial score (nSPS) is 13.4. The predicted octanol–water partition coefficient (Wildman–Crippen LogP) is 3.98. The average Bonchev–Trinajstić information content (AvgIpc) is 2.78. The molecule has 0 radical (unpaired) electrons. The van der Waals surface area contributed by atoms with Crippen LogP contribution in [0, 0.1) is 11.7 Å². The second kappa shape index (κ2) is 5.78. The maximum absolute atomic E-state index is 13.2. The molecule has 0 saturated heterocycles. The highest BCUT2D eigenvalue weighted by atomic mass is 32.1. The van der Waals surface area contributed by atoms with Crippen LogP contribution in [0.5, 0.6) is 0 Å². The third-order valence-corrected chi connectivity index (χ3v) is 4.70. The Morgan fingerprint density at radius 1 is 1.28 bits per heavy atom. The fourth-order valence-electron chi connectivity index (χ4n) is 2.40. The molecule has 1 unspecified atom stereocenters. The average molecular weight is 266 g/mol. The van der Waals surface area contributed by atoms with Gasteiger partial charge in [0, 0.05) is 9.58 Å². The van der Waals surface area contributed by atoms with Crippen molar-refractivity contribution in [1.29, 1.82) is 0 Å². The van der Waals surface area contributed by atoms with Crippen molar-refractivity contribution in [3.63, 3.8) is 0 Å². The van der Waals surface area contributed by atoms with Crippen molar-refractivity contribution in [3.05, 3.63) is 35.0 Å². The molecule has 98 valence electrons. The largest absolute Gasteiger partial charge is 0.271 e. The summed E-state index contributed by atoms with van der Waals surface area (Å²) in [6, 6.07) is 7.12. The van der Waals surface area contributed by atoms with E-state index in [1.165, 1.54) is 10.9 Å². The van der Waals surface area contributed by atoms with E-state index in [9.17, 15) is 4.39 Å². The monoisotopic (exact) mass is 266 g/mol. The van der Waals surface area contributed by atoms with Gasteiger partial charge in [-0.05, 0) is 35.6 Å². The molecule has 3 N–H and O–H groups in total. The molecule has 18 heavy (non-hydrogen) atoms. The van der Waals surface area contributed by atoms with Gasteiger partial charge in [0.05, 0.1) is 6.04 Å². The zero-order chi connectivity index (χ0) is 13.1. The fraction of sp³-hybridized carbons (Fsp3) is 0.429. The predicted molar refractivity (Wildman–Crippen MR) is 75.9 cm³/mol. The molecule has 2 aromatic rings. The summed E-state index contributed by atoms with van der Waals surface area (Å²) in [5, 5.41) is 0.959. The first-order chi connectivity index (χ1) is 8.69. The van der Waals surface area contributed by atoms with Crippen LogP contribution in [0.3, 0.4) is 0 Å². The van der Waals surface area contributed by atoms with Crippen LogP contribution in [0.2, 0.25) is 0 Å². The van der Waals surface area contributed by atoms with E-state index in [1.807, 2.05) is 12.1 Å². The van der Waals surface area contributed by atoms with E-state index >= 15 is 0 Å². The number of fused-ring (bicyclic) bond motifs is 1. The number of hydrogen-bond donors (Lipinski definition) is 2. The number of halogens is 1. The van der Waals surface area contributed by atoms with Crippen LogP contribution in [0.4, 0.5) is 4.39 Å². The Labute approximate surface area is 111 Å². The molecule has 0 amide bonds. The lowest BCUT2D eigenvalue weighted by molar-refractivity contribution is 0.350. The van der Waals surface area contributed by atoms with E-state index in [0.29, 0.717) is 5.92 Å². The highest BCUT2D eigenvalue weighted by molar-refractivity contribution is 7.19. The van der Waals surface area contributed by atoms with Crippen LogP contribution in [-0.4, -0.2) is 0 Å². The van der Waals surface area contributed by atoms with Gasteiger partial charge in [-0.2, -0.15) is 0 Å². The number of rotatable bonds is 5. The molecular formula is C14H19FN2S. The summed E-state index contributed by atoms with van der Waals surface area (Å²) >= 11 is 1.69. The van der Waals surface area contributed by atoms with Gasteiger partial charge in [0.2, 0.25) is 0 Å². The van der Waals surface area contributed by atoms with Gasteiger partial charge in [-0.1, -0.05) is 26.7 Å². The summed E-state index contributed by atoms with van der Waals surface area (Å²) in [5.41, 5.74) is 2.91. The molecule has 0 saturated carbocycles. The molecule has 4 heteroatoms. The Morgan fingerprint density at radius 3 is 2.61 bits per heavy atom. The van der Waals surface area contributed by atoms with Crippen LogP contribution in [0.1, 0.15) is 37.6 Å². The number of hydrogen-bond acceptors (Lipinski definition) is 3. The van der Waals surface area contributed by atoms with Gasteiger partial charge in [-0.25, -0.2) is 4.39 Å². The molecule has 1 heterocycles. The van der Waals surface area contributed by atoms with Crippen LogP contribution >= 0.6 is 11.3 Å². The lowest BCUT2D eigenvalue weighted by Crippen LogP contribution is -2.32. The van der Waals surface area contributed by atoms with Gasteiger partial charge in [0.25, 0.3) is 0 Å². The van der Waals surface area contributed by atoms with Gasteiger partial charge in [0.1, 0.15) is 5.82 Å². The molecule has 2 rings (SSSR count). The molecular weight excluding hydrogens is 247 g/mol. The Morgan fingerprint density at radius 2 is 2.00 bits per heavy atom. The minimum atomic E-state index is -0.188. The number of nitrogens with two attached hydrogens (primary N) is 1. The number of thiophene rings is 1. The minimum Gasteiger partial charge on any atom is -0.271 e. The maximum atomic E-state index is 13.2. The standard InChI is InChI=1S/C14H19FN2S/c1-3-9(4-2)14(17-16)13-8-10-7-11(15)5-6-12(10)18-13/h5-9,14,17H,3-4,16H2,1-2H3. The molecule has 0 spiro atoms. The van der Waals surface area contributed by atoms with E-state index in [0.717, 1.165) is 22.9 Å². The SMILES string of the molecule is CCC(CC)C(NN)c1cc2cc(F)ccc2s1. The van der Waals surface area contributed by atoms with Crippen molar-refractivity contribution in [2.75, 3.05) is 0 Å². The van der Waals surface area contributed by atoms with Crippen molar-refractivity contribution in [2.24, 2.45) is 11.8 Å². The van der Waals surface area contributed by atoms with Gasteiger partial charge in [-0.3, -0.25) is 11.3 Å². The molecule has 0 aliphatic heterocycles. The second-order valence-electron chi connectivity index (χ2n) is 4.55. The van der Waals surface area contributed by atoms with Crippen LogP contribution < -0.4 is 11.3 Å². The van der Waals surface area contributed by atoms with Crippen LogP contribution in [-0.2, 0) is 0 Å². The zero-order valence-electron chi connectivity index (χ0n) is 10.7. The lowest BCUT2D eigenvalue weighted by atomic mass is 9.93. The third kappa shape index (κ3) is 2.55.